The van der Waals surface area contributed by atoms with Crippen molar-refractivity contribution >= 4 is 29.9 Å². The van der Waals surface area contributed by atoms with Gasteiger partial charge in [-0.3, -0.25) is 4.79 Å². The van der Waals surface area contributed by atoms with E-state index in [-0.39, 0.29) is 24.4 Å². The van der Waals surface area contributed by atoms with Gasteiger partial charge in [0.1, 0.15) is 12.4 Å². The van der Waals surface area contributed by atoms with Gasteiger partial charge >= 0.3 is 0 Å². The topological polar surface area (TPSA) is 50.4 Å². The lowest BCUT2D eigenvalue weighted by molar-refractivity contribution is -0.121. The largest absolute Gasteiger partial charge is 0.489 e. The molecule has 1 aliphatic heterocycles. The fourth-order valence-electron chi connectivity index (χ4n) is 2.98. The van der Waals surface area contributed by atoms with E-state index in [1.54, 1.807) is 0 Å². The maximum Gasteiger partial charge on any atom is 0.224 e. The Morgan fingerprint density at radius 3 is 2.77 bits per heavy atom. The smallest absolute Gasteiger partial charge is 0.224 e. The summed E-state index contributed by atoms with van der Waals surface area (Å²) in [7, 11) is 0. The van der Waals surface area contributed by atoms with Crippen LogP contribution in [-0.2, 0) is 17.8 Å². The van der Waals surface area contributed by atoms with Crippen molar-refractivity contribution in [1.29, 1.82) is 0 Å². The van der Waals surface area contributed by atoms with E-state index in [1.807, 2.05) is 48.5 Å². The third-order valence-corrected chi connectivity index (χ3v) is 4.45. The van der Waals surface area contributed by atoms with Gasteiger partial charge in [0.15, 0.2) is 0 Å². The number of piperidine rings is 1. The normalized spacial score (nSPS) is 16.4. The monoisotopic (exact) mass is 394 g/mol. The number of hydrogen-bond donors (Lipinski definition) is 2. The van der Waals surface area contributed by atoms with E-state index >= 15 is 0 Å². The molecule has 1 amide bonds. The van der Waals surface area contributed by atoms with E-state index < -0.39 is 0 Å². The molecule has 1 saturated heterocycles. The average molecular weight is 395 g/mol. The predicted octanol–water partition coefficient (Wildman–Crippen LogP) is 3.75. The SMILES string of the molecule is Cl.O=C(Cc1cccc(OCc2cccc(Cl)c2)c1)NC1CCCNC1. The highest BCUT2D eigenvalue weighted by Gasteiger charge is 2.15. The Bertz CT molecular complexity index is 718. The minimum absolute atomic E-state index is 0. The molecule has 0 bridgehead atoms. The minimum Gasteiger partial charge on any atom is -0.489 e. The van der Waals surface area contributed by atoms with E-state index in [0.29, 0.717) is 18.1 Å². The summed E-state index contributed by atoms with van der Waals surface area (Å²) in [5.41, 5.74) is 1.96. The van der Waals surface area contributed by atoms with E-state index in [9.17, 15) is 4.79 Å². The van der Waals surface area contributed by atoms with Crippen LogP contribution in [0.3, 0.4) is 0 Å². The van der Waals surface area contributed by atoms with E-state index in [2.05, 4.69) is 10.6 Å². The molecule has 26 heavy (non-hydrogen) atoms. The molecule has 1 aliphatic rings. The van der Waals surface area contributed by atoms with Crippen molar-refractivity contribution in [3.05, 3.63) is 64.7 Å². The molecule has 0 saturated carbocycles. The maximum atomic E-state index is 12.2. The standard InChI is InChI=1S/C20H23ClN2O2.ClH/c21-17-6-1-5-16(10-17)14-25-19-8-2-4-15(11-19)12-20(24)23-18-7-3-9-22-13-18;/h1-2,4-6,8,10-11,18,22H,3,7,9,12-14H2,(H,23,24);1H. The zero-order chi connectivity index (χ0) is 17.5. The van der Waals surface area contributed by atoms with Crippen molar-refractivity contribution in [3.63, 3.8) is 0 Å². The van der Waals surface area contributed by atoms with Gasteiger partial charge in [-0.25, -0.2) is 0 Å². The summed E-state index contributed by atoms with van der Waals surface area (Å²) in [5.74, 6) is 0.810. The van der Waals surface area contributed by atoms with Crippen LogP contribution in [0.5, 0.6) is 5.75 Å². The Kier molecular flexibility index (Phi) is 8.23. The predicted molar refractivity (Wildman–Crippen MR) is 107 cm³/mol. The van der Waals surface area contributed by atoms with Crippen molar-refractivity contribution in [2.45, 2.75) is 31.9 Å². The number of hydrogen-bond acceptors (Lipinski definition) is 3. The Morgan fingerprint density at radius 2 is 2.00 bits per heavy atom. The second kappa shape index (κ2) is 10.4. The van der Waals surface area contributed by atoms with Gasteiger partial charge in [-0.15, -0.1) is 12.4 Å². The molecule has 1 heterocycles. The Morgan fingerprint density at radius 1 is 1.19 bits per heavy atom. The summed E-state index contributed by atoms with van der Waals surface area (Å²) in [5, 5.41) is 7.10. The van der Waals surface area contributed by atoms with E-state index in [4.69, 9.17) is 16.3 Å². The second-order valence-electron chi connectivity index (χ2n) is 6.35. The molecule has 140 valence electrons. The van der Waals surface area contributed by atoms with Crippen molar-refractivity contribution < 1.29 is 9.53 Å². The Labute approximate surface area is 165 Å². The summed E-state index contributed by atoms with van der Waals surface area (Å²) < 4.78 is 5.82. The quantitative estimate of drug-likeness (QED) is 0.783. The molecule has 0 aromatic heterocycles. The number of halogens is 2. The first-order chi connectivity index (χ1) is 12.2. The highest BCUT2D eigenvalue weighted by Crippen LogP contribution is 2.17. The number of carbonyl (C=O) groups is 1. The van der Waals surface area contributed by atoms with Crippen LogP contribution in [0.2, 0.25) is 5.02 Å². The van der Waals surface area contributed by atoms with Crippen molar-refractivity contribution in [1.82, 2.24) is 10.6 Å². The van der Waals surface area contributed by atoms with Gasteiger partial charge in [0.25, 0.3) is 0 Å². The van der Waals surface area contributed by atoms with Gasteiger partial charge in [0.2, 0.25) is 5.91 Å². The van der Waals surface area contributed by atoms with Crippen LogP contribution < -0.4 is 15.4 Å². The number of benzene rings is 2. The van der Waals surface area contributed by atoms with Crippen molar-refractivity contribution in [2.24, 2.45) is 0 Å². The van der Waals surface area contributed by atoms with Crippen LogP contribution in [0.15, 0.2) is 48.5 Å². The summed E-state index contributed by atoms with van der Waals surface area (Å²) in [6.45, 7) is 2.34. The van der Waals surface area contributed by atoms with E-state index in [0.717, 1.165) is 42.8 Å². The first kappa shape index (κ1) is 20.6. The maximum absolute atomic E-state index is 12.2. The van der Waals surface area contributed by atoms with Crippen LogP contribution in [0, 0.1) is 0 Å². The lowest BCUT2D eigenvalue weighted by Crippen LogP contribution is -2.46. The molecule has 0 radical (unpaired) electrons. The molecule has 2 N–H and O–H groups in total. The molecule has 3 rings (SSSR count). The van der Waals surface area contributed by atoms with Crippen LogP contribution in [0.4, 0.5) is 0 Å². The first-order valence-corrected chi connectivity index (χ1v) is 9.03. The third-order valence-electron chi connectivity index (χ3n) is 4.22. The molecular weight excluding hydrogens is 371 g/mol. The Hall–Kier alpha value is -1.75. The molecule has 0 spiro atoms. The zero-order valence-corrected chi connectivity index (χ0v) is 16.1. The fourth-order valence-corrected chi connectivity index (χ4v) is 3.19. The second-order valence-corrected chi connectivity index (χ2v) is 6.79. The molecule has 0 aliphatic carbocycles. The molecule has 2 aromatic carbocycles. The highest BCUT2D eigenvalue weighted by molar-refractivity contribution is 6.30. The third kappa shape index (κ3) is 6.52. The van der Waals surface area contributed by atoms with Crippen LogP contribution >= 0.6 is 24.0 Å². The molecule has 6 heteroatoms. The summed E-state index contributed by atoms with van der Waals surface area (Å²) in [6, 6.07) is 15.5. The highest BCUT2D eigenvalue weighted by atomic mass is 35.5. The van der Waals surface area contributed by atoms with Crippen LogP contribution in [-0.4, -0.2) is 25.0 Å². The summed E-state index contributed by atoms with van der Waals surface area (Å²) in [6.07, 6.45) is 2.52. The number of rotatable bonds is 6. The zero-order valence-electron chi connectivity index (χ0n) is 14.5. The number of amides is 1. The van der Waals surface area contributed by atoms with Crippen LogP contribution in [0.25, 0.3) is 0 Å². The molecule has 1 unspecified atom stereocenters. The lowest BCUT2D eigenvalue weighted by Gasteiger charge is -2.23. The summed E-state index contributed by atoms with van der Waals surface area (Å²) >= 11 is 5.98. The van der Waals surface area contributed by atoms with Crippen molar-refractivity contribution in [3.8, 4) is 5.75 Å². The fraction of sp³-hybridized carbons (Fsp3) is 0.350. The van der Waals surface area contributed by atoms with Gasteiger partial charge < -0.3 is 15.4 Å². The van der Waals surface area contributed by atoms with Gasteiger partial charge in [-0.2, -0.15) is 0 Å². The van der Waals surface area contributed by atoms with Gasteiger partial charge in [0.05, 0.1) is 6.42 Å². The van der Waals surface area contributed by atoms with E-state index in [1.165, 1.54) is 0 Å². The molecular formula is C20H24Cl2N2O2. The minimum atomic E-state index is 0. The van der Waals surface area contributed by atoms with Crippen LogP contribution in [0.1, 0.15) is 24.0 Å². The number of carbonyl (C=O) groups excluding carboxylic acids is 1. The molecule has 4 nitrogen and oxygen atoms in total. The number of nitrogens with one attached hydrogen (secondary N) is 2. The Balaban J connectivity index is 0.00000243. The van der Waals surface area contributed by atoms with Gasteiger partial charge in [-0.1, -0.05) is 35.9 Å². The first-order valence-electron chi connectivity index (χ1n) is 8.65. The van der Waals surface area contributed by atoms with Crippen molar-refractivity contribution in [2.75, 3.05) is 13.1 Å². The number of ether oxygens (including phenoxy) is 1. The van der Waals surface area contributed by atoms with Gasteiger partial charge in [0, 0.05) is 17.6 Å². The average Bonchev–Trinajstić information content (AvgIpc) is 2.61. The summed E-state index contributed by atoms with van der Waals surface area (Å²) in [4.78, 5) is 12.2. The molecule has 1 fully saturated rings. The van der Waals surface area contributed by atoms with Gasteiger partial charge in [-0.05, 0) is 54.8 Å². The lowest BCUT2D eigenvalue weighted by atomic mass is 10.1. The molecule has 2 aromatic rings. The molecule has 1 atom stereocenters.